The predicted octanol–water partition coefficient (Wildman–Crippen LogP) is 3.56. The zero-order chi connectivity index (χ0) is 14.1. The summed E-state index contributed by atoms with van der Waals surface area (Å²) >= 11 is 0. The summed E-state index contributed by atoms with van der Waals surface area (Å²) < 4.78 is 4.73. The molecule has 3 heteroatoms. The topological polar surface area (TPSA) is 38.3 Å². The first-order chi connectivity index (χ1) is 9.22. The van der Waals surface area contributed by atoms with Crippen molar-refractivity contribution < 1.29 is 9.53 Å². The highest BCUT2D eigenvalue weighted by atomic mass is 16.5. The van der Waals surface area contributed by atoms with Crippen LogP contribution in [0.25, 0.3) is 0 Å². The summed E-state index contributed by atoms with van der Waals surface area (Å²) in [6.45, 7) is 4.76. The van der Waals surface area contributed by atoms with Crippen LogP contribution >= 0.6 is 0 Å². The van der Waals surface area contributed by atoms with E-state index in [1.54, 1.807) is 0 Å². The number of rotatable bonds is 7. The van der Waals surface area contributed by atoms with E-state index < -0.39 is 0 Å². The van der Waals surface area contributed by atoms with E-state index in [0.717, 1.165) is 18.5 Å². The summed E-state index contributed by atoms with van der Waals surface area (Å²) in [5.41, 5.74) is 3.17. The number of nitrogens with one attached hydrogen (secondary N) is 1. The first-order valence-corrected chi connectivity index (χ1v) is 6.82. The molecule has 0 saturated heterocycles. The SMILES string of the molecule is CCCc1ccccc1NC/C=C(/CC)C(=O)OC. The van der Waals surface area contributed by atoms with Crippen LogP contribution in [0.15, 0.2) is 35.9 Å². The smallest absolute Gasteiger partial charge is 0.333 e. The molecule has 1 aromatic carbocycles. The maximum Gasteiger partial charge on any atom is 0.333 e. The van der Waals surface area contributed by atoms with Crippen molar-refractivity contribution in [2.24, 2.45) is 0 Å². The highest BCUT2D eigenvalue weighted by molar-refractivity contribution is 5.88. The molecule has 0 aliphatic heterocycles. The van der Waals surface area contributed by atoms with Gasteiger partial charge in [0, 0.05) is 17.8 Å². The summed E-state index contributed by atoms with van der Waals surface area (Å²) in [7, 11) is 1.41. The number of ether oxygens (including phenoxy) is 1. The number of esters is 1. The molecular formula is C16H23NO2. The van der Waals surface area contributed by atoms with E-state index in [-0.39, 0.29) is 5.97 Å². The Morgan fingerprint density at radius 2 is 2.05 bits per heavy atom. The van der Waals surface area contributed by atoms with Crippen LogP contribution in [-0.2, 0) is 16.0 Å². The molecule has 0 aliphatic carbocycles. The van der Waals surface area contributed by atoms with E-state index in [1.807, 2.05) is 19.1 Å². The number of para-hydroxylation sites is 1. The standard InChI is InChI=1S/C16H23NO2/c1-4-8-14-9-6-7-10-15(14)17-12-11-13(5-2)16(18)19-3/h6-7,9-11,17H,4-5,8,12H2,1-3H3/b13-11-. The average Bonchev–Trinajstić information content (AvgIpc) is 2.45. The molecule has 0 aliphatic rings. The lowest BCUT2D eigenvalue weighted by molar-refractivity contribution is -0.136. The largest absolute Gasteiger partial charge is 0.466 e. The van der Waals surface area contributed by atoms with Crippen LogP contribution in [0.1, 0.15) is 32.3 Å². The van der Waals surface area contributed by atoms with Crippen molar-refractivity contribution in [2.75, 3.05) is 19.0 Å². The van der Waals surface area contributed by atoms with Gasteiger partial charge in [0.25, 0.3) is 0 Å². The molecule has 1 aromatic rings. The summed E-state index contributed by atoms with van der Waals surface area (Å²) in [4.78, 5) is 11.4. The number of carbonyl (C=O) groups excluding carboxylic acids is 1. The van der Waals surface area contributed by atoms with Gasteiger partial charge in [0.05, 0.1) is 7.11 Å². The van der Waals surface area contributed by atoms with Crippen molar-refractivity contribution in [3.8, 4) is 0 Å². The van der Waals surface area contributed by atoms with Crippen LogP contribution in [0.3, 0.4) is 0 Å². The lowest BCUT2D eigenvalue weighted by atomic mass is 10.1. The molecule has 1 rings (SSSR count). The molecule has 0 bridgehead atoms. The van der Waals surface area contributed by atoms with Crippen molar-refractivity contribution in [3.63, 3.8) is 0 Å². The Bertz CT molecular complexity index is 438. The molecule has 104 valence electrons. The minimum atomic E-state index is -0.244. The average molecular weight is 261 g/mol. The number of aryl methyl sites for hydroxylation is 1. The maximum atomic E-state index is 11.4. The Morgan fingerprint density at radius 3 is 2.68 bits per heavy atom. The van der Waals surface area contributed by atoms with E-state index >= 15 is 0 Å². The number of carbonyl (C=O) groups is 1. The normalized spacial score (nSPS) is 11.2. The number of methoxy groups -OCH3 is 1. The van der Waals surface area contributed by atoms with E-state index in [0.29, 0.717) is 18.5 Å². The molecular weight excluding hydrogens is 238 g/mol. The first-order valence-electron chi connectivity index (χ1n) is 6.82. The molecule has 0 amide bonds. The molecule has 0 radical (unpaired) electrons. The molecule has 0 saturated carbocycles. The Labute approximate surface area is 115 Å². The molecule has 1 N–H and O–H groups in total. The van der Waals surface area contributed by atoms with Crippen LogP contribution in [0.5, 0.6) is 0 Å². The molecule has 0 heterocycles. The van der Waals surface area contributed by atoms with Gasteiger partial charge in [-0.25, -0.2) is 4.79 Å². The lowest BCUT2D eigenvalue weighted by Gasteiger charge is -2.10. The third kappa shape index (κ3) is 4.78. The number of hydrogen-bond donors (Lipinski definition) is 1. The lowest BCUT2D eigenvalue weighted by Crippen LogP contribution is -2.08. The monoisotopic (exact) mass is 261 g/mol. The zero-order valence-corrected chi connectivity index (χ0v) is 12.0. The van der Waals surface area contributed by atoms with Gasteiger partial charge >= 0.3 is 5.97 Å². The Balaban J connectivity index is 2.66. The van der Waals surface area contributed by atoms with Gasteiger partial charge in [0.15, 0.2) is 0 Å². The summed E-state index contributed by atoms with van der Waals surface area (Å²) in [6.07, 6.45) is 4.76. The van der Waals surface area contributed by atoms with E-state index in [9.17, 15) is 4.79 Å². The van der Waals surface area contributed by atoms with Gasteiger partial charge in [0.1, 0.15) is 0 Å². The quantitative estimate of drug-likeness (QED) is 0.602. The van der Waals surface area contributed by atoms with Crippen LogP contribution in [0, 0.1) is 0 Å². The third-order valence-electron chi connectivity index (χ3n) is 3.01. The number of anilines is 1. The van der Waals surface area contributed by atoms with Crippen LogP contribution < -0.4 is 5.32 Å². The molecule has 0 atom stereocenters. The second kappa shape index (κ2) is 8.35. The van der Waals surface area contributed by atoms with Crippen molar-refractivity contribution in [1.82, 2.24) is 0 Å². The van der Waals surface area contributed by atoms with Gasteiger partial charge in [-0.15, -0.1) is 0 Å². The Morgan fingerprint density at radius 1 is 1.32 bits per heavy atom. The van der Waals surface area contributed by atoms with Gasteiger partial charge in [-0.2, -0.15) is 0 Å². The molecule has 0 aromatic heterocycles. The highest BCUT2D eigenvalue weighted by Crippen LogP contribution is 2.16. The van der Waals surface area contributed by atoms with Crippen LogP contribution in [0.4, 0.5) is 5.69 Å². The van der Waals surface area contributed by atoms with Gasteiger partial charge in [0.2, 0.25) is 0 Å². The first kappa shape index (κ1) is 15.3. The zero-order valence-electron chi connectivity index (χ0n) is 12.0. The molecule has 3 nitrogen and oxygen atoms in total. The fourth-order valence-corrected chi connectivity index (χ4v) is 1.97. The third-order valence-corrected chi connectivity index (χ3v) is 3.01. The van der Waals surface area contributed by atoms with Gasteiger partial charge < -0.3 is 10.1 Å². The van der Waals surface area contributed by atoms with Crippen molar-refractivity contribution in [1.29, 1.82) is 0 Å². The Kier molecular flexibility index (Phi) is 6.72. The van der Waals surface area contributed by atoms with Crippen LogP contribution in [0.2, 0.25) is 0 Å². The number of hydrogen-bond acceptors (Lipinski definition) is 3. The minimum Gasteiger partial charge on any atom is -0.466 e. The van der Waals surface area contributed by atoms with E-state index in [1.165, 1.54) is 12.7 Å². The second-order valence-electron chi connectivity index (χ2n) is 4.36. The van der Waals surface area contributed by atoms with Gasteiger partial charge in [-0.1, -0.05) is 44.5 Å². The van der Waals surface area contributed by atoms with Crippen molar-refractivity contribution in [3.05, 3.63) is 41.5 Å². The summed E-state index contributed by atoms with van der Waals surface area (Å²) in [6, 6.07) is 8.28. The second-order valence-corrected chi connectivity index (χ2v) is 4.36. The highest BCUT2D eigenvalue weighted by Gasteiger charge is 2.06. The molecule has 0 fully saturated rings. The fourth-order valence-electron chi connectivity index (χ4n) is 1.97. The van der Waals surface area contributed by atoms with Crippen molar-refractivity contribution in [2.45, 2.75) is 33.1 Å². The summed E-state index contributed by atoms with van der Waals surface area (Å²) in [5, 5.41) is 3.36. The maximum absolute atomic E-state index is 11.4. The number of benzene rings is 1. The predicted molar refractivity (Wildman–Crippen MR) is 79.3 cm³/mol. The molecule has 0 unspecified atom stereocenters. The Hall–Kier alpha value is -1.77. The molecule has 19 heavy (non-hydrogen) atoms. The van der Waals surface area contributed by atoms with Crippen LogP contribution in [-0.4, -0.2) is 19.6 Å². The fraction of sp³-hybridized carbons (Fsp3) is 0.438. The minimum absolute atomic E-state index is 0.244. The van der Waals surface area contributed by atoms with E-state index in [4.69, 9.17) is 4.74 Å². The molecule has 0 spiro atoms. The van der Waals surface area contributed by atoms with E-state index in [2.05, 4.69) is 30.4 Å². The van der Waals surface area contributed by atoms with Gasteiger partial charge in [-0.05, 0) is 24.5 Å². The van der Waals surface area contributed by atoms with Gasteiger partial charge in [-0.3, -0.25) is 0 Å². The summed E-state index contributed by atoms with van der Waals surface area (Å²) in [5.74, 6) is -0.244. The van der Waals surface area contributed by atoms with Crippen molar-refractivity contribution >= 4 is 11.7 Å².